The van der Waals surface area contributed by atoms with Crippen LogP contribution < -0.4 is 0 Å². The average Bonchev–Trinajstić information content (AvgIpc) is 2.53. The average molecular weight is 301 g/mol. The fourth-order valence-electron chi connectivity index (χ4n) is 3.64. The Hall–Kier alpha value is -0.620. The quantitative estimate of drug-likeness (QED) is 0.772. The van der Waals surface area contributed by atoms with E-state index in [9.17, 15) is 13.2 Å². The maximum Gasteiger partial charge on any atom is 0.225 e. The van der Waals surface area contributed by atoms with E-state index in [1.807, 2.05) is 6.92 Å². The molecule has 3 rings (SSSR count). The third-order valence-electron chi connectivity index (χ3n) is 5.30. The van der Waals surface area contributed by atoms with Crippen molar-refractivity contribution in [3.63, 3.8) is 0 Å². The number of carbonyl (C=O) groups excluding carboxylic acids is 1. The fraction of sp³-hybridized carbons (Fsp3) is 0.929. The minimum atomic E-state index is -3.08. The number of hydrogen-bond acceptors (Lipinski definition) is 4. The molecule has 1 unspecified atom stereocenters. The van der Waals surface area contributed by atoms with E-state index >= 15 is 0 Å². The van der Waals surface area contributed by atoms with Crippen molar-refractivity contribution in [3.05, 3.63) is 0 Å². The molecule has 1 spiro atoms. The van der Waals surface area contributed by atoms with Gasteiger partial charge in [-0.25, -0.2) is 8.42 Å². The molecule has 2 heterocycles. The molecule has 0 aromatic carbocycles. The highest BCUT2D eigenvalue weighted by molar-refractivity contribution is 7.93. The highest BCUT2D eigenvalue weighted by Gasteiger charge is 2.62. The van der Waals surface area contributed by atoms with E-state index in [1.165, 1.54) is 0 Å². The summed E-state index contributed by atoms with van der Waals surface area (Å²) in [6.07, 6.45) is 3.74. The standard InChI is InChI=1S/C14H23NO4S/c1-2-19-8-12-6-7-20(17,18)14(12)9-15(10-14)13(16)11-4-3-5-11/h11-12H,2-10H2,1H3. The number of amides is 1. The van der Waals surface area contributed by atoms with E-state index in [1.54, 1.807) is 4.90 Å². The highest BCUT2D eigenvalue weighted by Crippen LogP contribution is 2.46. The number of sulfone groups is 1. The van der Waals surface area contributed by atoms with E-state index in [-0.39, 0.29) is 23.5 Å². The van der Waals surface area contributed by atoms with Crippen molar-refractivity contribution in [2.24, 2.45) is 11.8 Å². The second kappa shape index (κ2) is 4.98. The zero-order chi connectivity index (χ0) is 14.4. The second-order valence-corrected chi connectivity index (χ2v) is 8.80. The molecule has 0 N–H and O–H groups in total. The normalized spacial score (nSPS) is 31.1. The Bertz CT molecular complexity index is 491. The number of ether oxygens (including phenoxy) is 1. The van der Waals surface area contributed by atoms with Gasteiger partial charge in [-0.1, -0.05) is 6.42 Å². The van der Waals surface area contributed by atoms with Gasteiger partial charge in [0.1, 0.15) is 4.75 Å². The molecule has 2 aliphatic heterocycles. The maximum atomic E-state index is 12.4. The zero-order valence-corrected chi connectivity index (χ0v) is 12.8. The Balaban J connectivity index is 1.69. The van der Waals surface area contributed by atoms with Gasteiger partial charge in [-0.3, -0.25) is 4.79 Å². The third-order valence-corrected chi connectivity index (χ3v) is 7.91. The molecule has 1 saturated carbocycles. The minimum absolute atomic E-state index is 0.0536. The largest absolute Gasteiger partial charge is 0.381 e. The monoisotopic (exact) mass is 301 g/mol. The predicted octanol–water partition coefficient (Wildman–Crippen LogP) is 0.839. The lowest BCUT2D eigenvalue weighted by Crippen LogP contribution is -2.69. The van der Waals surface area contributed by atoms with Crippen molar-refractivity contribution in [2.75, 3.05) is 32.1 Å². The SMILES string of the molecule is CCOCC1CCS(=O)(=O)C12CN(C(=O)C1CCC1)C2. The van der Waals surface area contributed by atoms with Crippen LogP contribution >= 0.6 is 0 Å². The molecule has 1 atom stereocenters. The lowest BCUT2D eigenvalue weighted by atomic mass is 9.79. The van der Waals surface area contributed by atoms with Gasteiger partial charge in [0.2, 0.25) is 5.91 Å². The maximum absolute atomic E-state index is 12.4. The first kappa shape index (κ1) is 14.3. The Morgan fingerprint density at radius 2 is 2.00 bits per heavy atom. The zero-order valence-electron chi connectivity index (χ0n) is 12.0. The lowest BCUT2D eigenvalue weighted by molar-refractivity contribution is -0.145. The first-order valence-electron chi connectivity index (χ1n) is 7.59. The minimum Gasteiger partial charge on any atom is -0.381 e. The van der Waals surface area contributed by atoms with Gasteiger partial charge in [-0.15, -0.1) is 0 Å². The number of nitrogens with zero attached hydrogens (tertiary/aromatic N) is 1. The Labute approximate surface area is 120 Å². The summed E-state index contributed by atoms with van der Waals surface area (Å²) in [6.45, 7) is 3.81. The van der Waals surface area contributed by atoms with E-state index < -0.39 is 14.6 Å². The van der Waals surface area contributed by atoms with Crippen molar-refractivity contribution in [1.29, 1.82) is 0 Å². The van der Waals surface area contributed by atoms with Crippen LogP contribution in [0.5, 0.6) is 0 Å². The Morgan fingerprint density at radius 3 is 2.55 bits per heavy atom. The number of rotatable bonds is 4. The van der Waals surface area contributed by atoms with Gasteiger partial charge < -0.3 is 9.64 Å². The summed E-state index contributed by atoms with van der Waals surface area (Å²) in [4.78, 5) is 13.9. The van der Waals surface area contributed by atoms with Crippen molar-refractivity contribution in [2.45, 2.75) is 37.4 Å². The Morgan fingerprint density at radius 1 is 1.30 bits per heavy atom. The van der Waals surface area contributed by atoms with Crippen molar-refractivity contribution < 1.29 is 17.9 Å². The lowest BCUT2D eigenvalue weighted by Gasteiger charge is -2.51. The predicted molar refractivity (Wildman–Crippen MR) is 75.0 cm³/mol. The van der Waals surface area contributed by atoms with Crippen LogP contribution in [0, 0.1) is 11.8 Å². The van der Waals surface area contributed by atoms with E-state index in [0.717, 1.165) is 19.3 Å². The molecule has 5 nitrogen and oxygen atoms in total. The number of likely N-dealkylation sites (tertiary alicyclic amines) is 1. The topological polar surface area (TPSA) is 63.7 Å². The van der Waals surface area contributed by atoms with E-state index in [0.29, 0.717) is 32.7 Å². The van der Waals surface area contributed by atoms with Crippen molar-refractivity contribution >= 4 is 15.7 Å². The van der Waals surface area contributed by atoms with Crippen LogP contribution in [0.2, 0.25) is 0 Å². The summed E-state index contributed by atoms with van der Waals surface area (Å²) < 4.78 is 29.5. The van der Waals surface area contributed by atoms with Crippen LogP contribution in [0.1, 0.15) is 32.6 Å². The Kier molecular flexibility index (Phi) is 3.57. The molecule has 2 saturated heterocycles. The first-order valence-corrected chi connectivity index (χ1v) is 9.24. The summed E-state index contributed by atoms with van der Waals surface area (Å²) in [5.41, 5.74) is 0. The molecule has 20 heavy (non-hydrogen) atoms. The fourth-order valence-corrected chi connectivity index (χ4v) is 6.04. The molecule has 0 radical (unpaired) electrons. The second-order valence-electron chi connectivity index (χ2n) is 6.35. The van der Waals surface area contributed by atoms with E-state index in [4.69, 9.17) is 4.74 Å². The van der Waals surface area contributed by atoms with Crippen LogP contribution in [-0.4, -0.2) is 56.0 Å². The summed E-state index contributed by atoms with van der Waals surface area (Å²) in [5, 5.41) is 0. The summed E-state index contributed by atoms with van der Waals surface area (Å²) >= 11 is 0. The van der Waals surface area contributed by atoms with Gasteiger partial charge in [-0.05, 0) is 26.2 Å². The van der Waals surface area contributed by atoms with Crippen LogP contribution in [0.15, 0.2) is 0 Å². The third kappa shape index (κ3) is 1.99. The molecule has 0 aromatic rings. The number of hydrogen-bond donors (Lipinski definition) is 0. The van der Waals surface area contributed by atoms with E-state index in [2.05, 4.69) is 0 Å². The number of carbonyl (C=O) groups is 1. The van der Waals surface area contributed by atoms with Crippen LogP contribution in [0.25, 0.3) is 0 Å². The molecular formula is C14H23NO4S. The smallest absolute Gasteiger partial charge is 0.225 e. The van der Waals surface area contributed by atoms with Crippen molar-refractivity contribution in [1.82, 2.24) is 4.90 Å². The van der Waals surface area contributed by atoms with Gasteiger partial charge in [0, 0.05) is 31.5 Å². The van der Waals surface area contributed by atoms with Gasteiger partial charge in [-0.2, -0.15) is 0 Å². The molecular weight excluding hydrogens is 278 g/mol. The molecule has 1 aliphatic carbocycles. The summed E-state index contributed by atoms with van der Waals surface area (Å²) in [7, 11) is -3.08. The summed E-state index contributed by atoms with van der Waals surface area (Å²) in [5.74, 6) is 0.620. The molecule has 0 aromatic heterocycles. The molecule has 0 bridgehead atoms. The molecule has 1 amide bonds. The van der Waals surface area contributed by atoms with Gasteiger partial charge in [0.15, 0.2) is 9.84 Å². The van der Waals surface area contributed by atoms with Crippen LogP contribution in [-0.2, 0) is 19.4 Å². The molecule has 114 valence electrons. The first-order chi connectivity index (χ1) is 9.50. The van der Waals surface area contributed by atoms with Crippen LogP contribution in [0.3, 0.4) is 0 Å². The van der Waals surface area contributed by atoms with Gasteiger partial charge in [0.25, 0.3) is 0 Å². The van der Waals surface area contributed by atoms with Gasteiger partial charge in [0.05, 0.1) is 12.4 Å². The molecule has 6 heteroatoms. The highest BCUT2D eigenvalue weighted by atomic mass is 32.2. The molecule has 3 aliphatic rings. The summed E-state index contributed by atoms with van der Waals surface area (Å²) in [6, 6.07) is 0. The van der Waals surface area contributed by atoms with Gasteiger partial charge >= 0.3 is 0 Å². The van der Waals surface area contributed by atoms with Crippen LogP contribution in [0.4, 0.5) is 0 Å². The van der Waals surface area contributed by atoms with Crippen molar-refractivity contribution in [3.8, 4) is 0 Å². The molecule has 3 fully saturated rings.